The topological polar surface area (TPSA) is 98.7 Å². The van der Waals surface area contributed by atoms with Gasteiger partial charge in [0, 0.05) is 6.54 Å². The number of carboxylic acid groups (broad SMARTS) is 1. The van der Waals surface area contributed by atoms with E-state index in [0.29, 0.717) is 6.54 Å². The number of nitrogens with one attached hydrogen (secondary N) is 2. The number of carboxylic acids is 1. The van der Waals surface area contributed by atoms with Crippen LogP contribution in [0.3, 0.4) is 0 Å². The minimum atomic E-state index is -1.58. The monoisotopic (exact) mass is 258 g/mol. The molecule has 7 heteroatoms. The molecule has 6 nitrogen and oxygen atoms in total. The molecule has 0 radical (unpaired) electrons. The Hall–Kier alpha value is -1.60. The third-order valence-corrected chi connectivity index (χ3v) is 3.05. The molecule has 1 rings (SSSR count). The van der Waals surface area contributed by atoms with E-state index in [1.165, 1.54) is 0 Å². The molecule has 1 heterocycles. The zero-order chi connectivity index (χ0) is 12.8. The molecule has 17 heavy (non-hydrogen) atoms. The Morgan fingerprint density at radius 3 is 2.65 bits per heavy atom. The van der Waals surface area contributed by atoms with Gasteiger partial charge in [-0.2, -0.15) is 11.3 Å². The fraction of sp³-hybridized carbons (Fsp3) is 0.400. The van der Waals surface area contributed by atoms with E-state index in [1.807, 2.05) is 17.7 Å². The van der Waals surface area contributed by atoms with Crippen LogP contribution in [0.1, 0.15) is 11.1 Å². The average Bonchev–Trinajstić information content (AvgIpc) is 2.68. The minimum absolute atomic E-state index is 0.316. The van der Waals surface area contributed by atoms with Crippen LogP contribution in [0.15, 0.2) is 10.8 Å². The highest BCUT2D eigenvalue weighted by atomic mass is 32.1. The number of thiophene rings is 1. The van der Waals surface area contributed by atoms with Crippen molar-refractivity contribution in [3.05, 3.63) is 21.9 Å². The third kappa shape index (κ3) is 4.41. The second-order valence-corrected chi connectivity index (χ2v) is 4.24. The van der Waals surface area contributed by atoms with Crippen molar-refractivity contribution < 1.29 is 19.8 Å². The van der Waals surface area contributed by atoms with Gasteiger partial charge in [-0.05, 0) is 28.8 Å². The molecule has 94 valence electrons. The van der Waals surface area contributed by atoms with E-state index in [9.17, 15) is 9.59 Å². The lowest BCUT2D eigenvalue weighted by Gasteiger charge is -2.09. The van der Waals surface area contributed by atoms with Crippen molar-refractivity contribution in [3.8, 4) is 0 Å². The Morgan fingerprint density at radius 2 is 2.12 bits per heavy atom. The zero-order valence-corrected chi connectivity index (χ0v) is 10.1. The van der Waals surface area contributed by atoms with Gasteiger partial charge < -0.3 is 20.8 Å². The van der Waals surface area contributed by atoms with Gasteiger partial charge in [0.2, 0.25) is 0 Å². The third-order valence-electron chi connectivity index (χ3n) is 2.14. The fourth-order valence-corrected chi connectivity index (χ4v) is 1.94. The molecule has 0 saturated heterocycles. The molecule has 2 amide bonds. The van der Waals surface area contributed by atoms with E-state index >= 15 is 0 Å². The highest BCUT2D eigenvalue weighted by Gasteiger charge is 2.13. The van der Waals surface area contributed by atoms with Crippen LogP contribution in [0.2, 0.25) is 0 Å². The van der Waals surface area contributed by atoms with E-state index in [-0.39, 0.29) is 6.54 Å². The Labute approximate surface area is 102 Å². The number of aliphatic carboxylic acids is 1. The predicted octanol–water partition coefficient (Wildman–Crippen LogP) is 0.301. The largest absolute Gasteiger partial charge is 0.479 e. The number of hydrogen-bond acceptors (Lipinski definition) is 4. The maximum Gasteiger partial charge on any atom is 0.334 e. The van der Waals surface area contributed by atoms with Gasteiger partial charge in [-0.15, -0.1) is 0 Å². The van der Waals surface area contributed by atoms with Crippen LogP contribution < -0.4 is 10.6 Å². The predicted molar refractivity (Wildman–Crippen MR) is 62.9 cm³/mol. The van der Waals surface area contributed by atoms with Crippen molar-refractivity contribution >= 4 is 23.3 Å². The van der Waals surface area contributed by atoms with E-state index in [2.05, 4.69) is 10.6 Å². The van der Waals surface area contributed by atoms with Gasteiger partial charge in [0.1, 0.15) is 0 Å². The van der Waals surface area contributed by atoms with E-state index < -0.39 is 18.1 Å². The van der Waals surface area contributed by atoms with Crippen molar-refractivity contribution in [2.75, 3.05) is 6.54 Å². The van der Waals surface area contributed by atoms with Crippen LogP contribution in [0.4, 0.5) is 4.79 Å². The van der Waals surface area contributed by atoms with E-state index in [1.54, 1.807) is 11.3 Å². The first kappa shape index (κ1) is 13.5. The quantitative estimate of drug-likeness (QED) is 0.610. The first-order valence-corrected chi connectivity index (χ1v) is 5.89. The summed E-state index contributed by atoms with van der Waals surface area (Å²) in [6.45, 7) is 2.01. The molecule has 1 atom stereocenters. The molecule has 0 fully saturated rings. The molecule has 0 aliphatic carbocycles. The van der Waals surface area contributed by atoms with Gasteiger partial charge in [0.25, 0.3) is 0 Å². The highest BCUT2D eigenvalue weighted by Crippen LogP contribution is 2.12. The Kier molecular flexibility index (Phi) is 4.92. The summed E-state index contributed by atoms with van der Waals surface area (Å²) in [5.74, 6) is -1.36. The van der Waals surface area contributed by atoms with Crippen LogP contribution in [0.25, 0.3) is 0 Å². The number of rotatable bonds is 5. The second kappa shape index (κ2) is 6.21. The van der Waals surface area contributed by atoms with Gasteiger partial charge in [0.15, 0.2) is 6.10 Å². The zero-order valence-electron chi connectivity index (χ0n) is 9.27. The fourth-order valence-electron chi connectivity index (χ4n) is 1.08. The first-order valence-electron chi connectivity index (χ1n) is 4.95. The SMILES string of the molecule is Cc1cscc1CNC(=O)NC[C@H](O)C(=O)O. The number of aliphatic hydroxyl groups excluding tert-OH is 1. The minimum Gasteiger partial charge on any atom is -0.479 e. The molecule has 0 saturated carbocycles. The first-order chi connectivity index (χ1) is 8.00. The highest BCUT2D eigenvalue weighted by molar-refractivity contribution is 7.08. The molecule has 4 N–H and O–H groups in total. The lowest BCUT2D eigenvalue weighted by molar-refractivity contribution is -0.146. The van der Waals surface area contributed by atoms with Gasteiger partial charge in [-0.1, -0.05) is 0 Å². The summed E-state index contributed by atoms with van der Waals surface area (Å²) in [4.78, 5) is 21.5. The standard InChI is InChI=1S/C10H14N2O4S/c1-6-4-17-5-7(6)2-11-10(16)12-3-8(13)9(14)15/h4-5,8,13H,2-3H2,1H3,(H,14,15)(H2,11,12,16)/t8-/m0/s1. The van der Waals surface area contributed by atoms with Crippen molar-refractivity contribution in [1.82, 2.24) is 10.6 Å². The lowest BCUT2D eigenvalue weighted by atomic mass is 10.2. The number of carbonyl (C=O) groups excluding carboxylic acids is 1. The van der Waals surface area contributed by atoms with Crippen molar-refractivity contribution in [2.24, 2.45) is 0 Å². The van der Waals surface area contributed by atoms with Crippen LogP contribution in [-0.4, -0.2) is 34.9 Å². The summed E-state index contributed by atoms with van der Waals surface area (Å²) in [6, 6.07) is -0.504. The number of aryl methyl sites for hydroxylation is 1. The molecule has 0 aliphatic rings. The number of aliphatic hydroxyl groups is 1. The summed E-state index contributed by atoms with van der Waals surface area (Å²) < 4.78 is 0. The number of amides is 2. The Balaban J connectivity index is 2.27. The normalized spacial score (nSPS) is 11.9. The summed E-state index contributed by atoms with van der Waals surface area (Å²) >= 11 is 1.55. The molecule has 0 spiro atoms. The average molecular weight is 258 g/mol. The number of carbonyl (C=O) groups is 2. The van der Waals surface area contributed by atoms with E-state index in [4.69, 9.17) is 10.2 Å². The smallest absolute Gasteiger partial charge is 0.334 e. The second-order valence-electron chi connectivity index (χ2n) is 3.50. The molecule has 0 bridgehead atoms. The molecule has 1 aromatic rings. The van der Waals surface area contributed by atoms with Crippen LogP contribution in [-0.2, 0) is 11.3 Å². The molecular formula is C10H14N2O4S. The number of urea groups is 1. The maximum absolute atomic E-state index is 11.3. The molecule has 0 aromatic carbocycles. The van der Waals surface area contributed by atoms with Crippen molar-refractivity contribution in [3.63, 3.8) is 0 Å². The van der Waals surface area contributed by atoms with Crippen LogP contribution >= 0.6 is 11.3 Å². The van der Waals surface area contributed by atoms with Crippen molar-refractivity contribution in [1.29, 1.82) is 0 Å². The number of hydrogen-bond donors (Lipinski definition) is 4. The van der Waals surface area contributed by atoms with Gasteiger partial charge in [-0.3, -0.25) is 0 Å². The summed E-state index contributed by atoms with van der Waals surface area (Å²) in [7, 11) is 0. The van der Waals surface area contributed by atoms with Crippen molar-refractivity contribution in [2.45, 2.75) is 19.6 Å². The van der Waals surface area contributed by atoms with Gasteiger partial charge >= 0.3 is 12.0 Å². The Morgan fingerprint density at radius 1 is 1.41 bits per heavy atom. The maximum atomic E-state index is 11.3. The van der Waals surface area contributed by atoms with Gasteiger partial charge in [0.05, 0.1) is 6.54 Å². The summed E-state index contributed by atoms with van der Waals surface area (Å²) in [6.07, 6.45) is -1.58. The molecular weight excluding hydrogens is 244 g/mol. The lowest BCUT2D eigenvalue weighted by Crippen LogP contribution is -2.41. The van der Waals surface area contributed by atoms with Crippen LogP contribution in [0.5, 0.6) is 0 Å². The van der Waals surface area contributed by atoms with E-state index in [0.717, 1.165) is 11.1 Å². The molecule has 1 aromatic heterocycles. The Bertz CT molecular complexity index is 405. The summed E-state index contributed by atoms with van der Waals surface area (Å²) in [5.41, 5.74) is 2.12. The summed E-state index contributed by atoms with van der Waals surface area (Å²) in [5, 5.41) is 26.1. The van der Waals surface area contributed by atoms with Crippen LogP contribution in [0, 0.1) is 6.92 Å². The molecule has 0 unspecified atom stereocenters. The molecule has 0 aliphatic heterocycles. The van der Waals surface area contributed by atoms with Gasteiger partial charge in [-0.25, -0.2) is 9.59 Å².